The van der Waals surface area contributed by atoms with Crippen molar-refractivity contribution in [2.75, 3.05) is 23.7 Å². The van der Waals surface area contributed by atoms with Crippen LogP contribution >= 0.6 is 0 Å². The van der Waals surface area contributed by atoms with Gasteiger partial charge in [-0.1, -0.05) is 12.1 Å². The molecule has 2 aromatic rings. The molecule has 4 rings (SSSR count). The first-order valence-corrected chi connectivity index (χ1v) is 8.70. The van der Waals surface area contributed by atoms with Gasteiger partial charge in [0.2, 0.25) is 0 Å². The Balaban J connectivity index is 1.54. The van der Waals surface area contributed by atoms with Crippen LogP contribution in [-0.2, 0) is 6.42 Å². The molecule has 1 spiro atoms. The van der Waals surface area contributed by atoms with E-state index >= 15 is 0 Å². The molecule has 6 nitrogen and oxygen atoms in total. The maximum atomic E-state index is 11.7. The van der Waals surface area contributed by atoms with Crippen molar-refractivity contribution in [2.45, 2.75) is 32.2 Å². The minimum absolute atomic E-state index is 0.0255. The van der Waals surface area contributed by atoms with E-state index in [2.05, 4.69) is 14.9 Å². The van der Waals surface area contributed by atoms with Gasteiger partial charge in [0.25, 0.3) is 0 Å². The van der Waals surface area contributed by atoms with Gasteiger partial charge >= 0.3 is 0 Å². The molecule has 0 amide bonds. The van der Waals surface area contributed by atoms with E-state index in [4.69, 9.17) is 11.5 Å². The Morgan fingerprint density at radius 2 is 2.04 bits per heavy atom. The third-order valence-electron chi connectivity index (χ3n) is 5.81. The summed E-state index contributed by atoms with van der Waals surface area (Å²) in [6, 6.07) is 6.00. The molecule has 0 bridgehead atoms. The highest BCUT2D eigenvalue weighted by Gasteiger charge is 2.46. The molecule has 6 heteroatoms. The van der Waals surface area contributed by atoms with Gasteiger partial charge in [-0.25, -0.2) is 4.98 Å². The molecular formula is C19H23N5O. The second kappa shape index (κ2) is 5.81. The fourth-order valence-corrected chi connectivity index (χ4v) is 4.29. The molecule has 2 aliphatic rings. The zero-order chi connectivity index (χ0) is 17.6. The molecule has 1 aromatic carbocycles. The lowest BCUT2D eigenvalue weighted by atomic mass is 9.73. The Kier molecular flexibility index (Phi) is 3.72. The third kappa shape index (κ3) is 2.66. The van der Waals surface area contributed by atoms with Crippen LogP contribution in [0, 0.1) is 5.41 Å². The van der Waals surface area contributed by atoms with Crippen molar-refractivity contribution in [1.29, 1.82) is 0 Å². The Labute approximate surface area is 147 Å². The van der Waals surface area contributed by atoms with Gasteiger partial charge in [-0.15, -0.1) is 0 Å². The van der Waals surface area contributed by atoms with Gasteiger partial charge in [-0.3, -0.25) is 9.78 Å². The van der Waals surface area contributed by atoms with Crippen molar-refractivity contribution < 1.29 is 4.79 Å². The quantitative estimate of drug-likeness (QED) is 0.815. The number of anilines is 2. The molecule has 25 heavy (non-hydrogen) atoms. The molecule has 1 atom stereocenters. The van der Waals surface area contributed by atoms with Crippen molar-refractivity contribution >= 4 is 17.4 Å². The van der Waals surface area contributed by atoms with Crippen LogP contribution in [0.4, 0.5) is 11.6 Å². The van der Waals surface area contributed by atoms with E-state index in [1.807, 2.05) is 18.2 Å². The topological polar surface area (TPSA) is 98.1 Å². The number of benzene rings is 1. The largest absolute Gasteiger partial charge is 0.382 e. The lowest BCUT2D eigenvalue weighted by Gasteiger charge is -2.42. The van der Waals surface area contributed by atoms with Crippen molar-refractivity contribution in [3.63, 3.8) is 0 Å². The molecular weight excluding hydrogens is 314 g/mol. The average Bonchev–Trinajstić information content (AvgIpc) is 2.87. The number of carbonyl (C=O) groups excluding carboxylic acids is 1. The number of piperidine rings is 1. The monoisotopic (exact) mass is 337 g/mol. The van der Waals surface area contributed by atoms with E-state index in [-0.39, 0.29) is 17.2 Å². The molecule has 4 N–H and O–H groups in total. The zero-order valence-electron chi connectivity index (χ0n) is 14.4. The number of aromatic nitrogens is 2. The normalized spacial score (nSPS) is 21.4. The minimum Gasteiger partial charge on any atom is -0.382 e. The molecule has 130 valence electrons. The predicted octanol–water partition coefficient (Wildman–Crippen LogP) is 2.10. The summed E-state index contributed by atoms with van der Waals surface area (Å²) in [4.78, 5) is 22.4. The van der Waals surface area contributed by atoms with Crippen LogP contribution in [0.3, 0.4) is 0 Å². The summed E-state index contributed by atoms with van der Waals surface area (Å²) in [7, 11) is 0. The summed E-state index contributed by atoms with van der Waals surface area (Å²) >= 11 is 0. The molecule has 1 aliphatic heterocycles. The molecule has 1 fully saturated rings. The maximum Gasteiger partial charge on any atom is 0.159 e. The van der Waals surface area contributed by atoms with Crippen LogP contribution in [0.2, 0.25) is 0 Å². The van der Waals surface area contributed by atoms with Crippen molar-refractivity contribution in [2.24, 2.45) is 11.1 Å². The second-order valence-corrected chi connectivity index (χ2v) is 7.28. The molecule has 0 saturated carbocycles. The van der Waals surface area contributed by atoms with Gasteiger partial charge in [0, 0.05) is 24.7 Å². The van der Waals surface area contributed by atoms with E-state index in [1.54, 1.807) is 19.3 Å². The first-order chi connectivity index (χ1) is 12.0. The van der Waals surface area contributed by atoms with Gasteiger partial charge in [-0.2, -0.15) is 0 Å². The summed E-state index contributed by atoms with van der Waals surface area (Å²) in [5.41, 5.74) is 15.7. The number of ketones is 1. The fourth-order valence-electron chi connectivity index (χ4n) is 4.29. The van der Waals surface area contributed by atoms with Crippen molar-refractivity contribution in [1.82, 2.24) is 9.97 Å². The number of nitrogens with two attached hydrogens (primary N) is 2. The molecule has 1 aliphatic carbocycles. The number of Topliss-reactive ketones (excluding diaryl/α,β-unsaturated/α-hetero) is 1. The molecule has 2 heterocycles. The van der Waals surface area contributed by atoms with Crippen LogP contribution in [0.5, 0.6) is 0 Å². The summed E-state index contributed by atoms with van der Waals surface area (Å²) in [5.74, 6) is 1.38. The number of nitrogens with zero attached hydrogens (tertiary/aromatic N) is 3. The number of hydrogen-bond donors (Lipinski definition) is 2. The smallest absolute Gasteiger partial charge is 0.159 e. The molecule has 1 aromatic heterocycles. The van der Waals surface area contributed by atoms with Gasteiger partial charge in [0.1, 0.15) is 11.6 Å². The van der Waals surface area contributed by atoms with Crippen LogP contribution < -0.4 is 16.4 Å². The summed E-state index contributed by atoms with van der Waals surface area (Å²) in [6.45, 7) is 3.39. The van der Waals surface area contributed by atoms with E-state index in [0.29, 0.717) is 5.82 Å². The Morgan fingerprint density at radius 1 is 1.28 bits per heavy atom. The van der Waals surface area contributed by atoms with Gasteiger partial charge in [-0.05, 0) is 48.8 Å². The molecule has 1 unspecified atom stereocenters. The standard InChI is InChI=1S/C19H23N5O/c1-12(25)13-2-3-15-14(8-13)9-19(18(15)21)4-6-24(7-5-19)17-11-22-10-16(20)23-17/h2-3,8,10-11,18H,4-7,9,21H2,1H3,(H2,20,23). The number of fused-ring (bicyclic) bond motifs is 1. The SMILES string of the molecule is CC(=O)c1ccc2c(c1)CC1(CCN(c3cncc(N)n3)CC1)C2N. The zero-order valence-corrected chi connectivity index (χ0v) is 14.4. The van der Waals surface area contributed by atoms with Gasteiger partial charge in [0.05, 0.1) is 12.4 Å². The van der Waals surface area contributed by atoms with Crippen LogP contribution in [-0.4, -0.2) is 28.8 Å². The Bertz CT molecular complexity index is 826. The average molecular weight is 337 g/mol. The first kappa shape index (κ1) is 16.0. The van der Waals surface area contributed by atoms with Crippen molar-refractivity contribution in [3.05, 3.63) is 47.3 Å². The van der Waals surface area contributed by atoms with E-state index in [9.17, 15) is 4.79 Å². The summed E-state index contributed by atoms with van der Waals surface area (Å²) in [5, 5.41) is 0. The molecule has 1 saturated heterocycles. The van der Waals surface area contributed by atoms with Crippen LogP contribution in [0.25, 0.3) is 0 Å². The van der Waals surface area contributed by atoms with Crippen LogP contribution in [0.1, 0.15) is 47.3 Å². The van der Waals surface area contributed by atoms with Gasteiger partial charge in [0.15, 0.2) is 5.78 Å². The Hall–Kier alpha value is -2.47. The lowest BCUT2D eigenvalue weighted by molar-refractivity contribution is 0.101. The minimum atomic E-state index is 0.0255. The lowest BCUT2D eigenvalue weighted by Crippen LogP contribution is -2.44. The second-order valence-electron chi connectivity index (χ2n) is 7.28. The highest BCUT2D eigenvalue weighted by atomic mass is 16.1. The van der Waals surface area contributed by atoms with Crippen LogP contribution in [0.15, 0.2) is 30.6 Å². The fraction of sp³-hybridized carbons (Fsp3) is 0.421. The summed E-state index contributed by atoms with van der Waals surface area (Å²) < 4.78 is 0. The summed E-state index contributed by atoms with van der Waals surface area (Å²) in [6.07, 6.45) is 6.26. The van der Waals surface area contributed by atoms with E-state index in [0.717, 1.165) is 43.7 Å². The maximum absolute atomic E-state index is 11.7. The Morgan fingerprint density at radius 3 is 2.72 bits per heavy atom. The first-order valence-electron chi connectivity index (χ1n) is 8.70. The van der Waals surface area contributed by atoms with Gasteiger partial charge < -0.3 is 16.4 Å². The van der Waals surface area contributed by atoms with E-state index in [1.165, 1.54) is 11.1 Å². The number of hydrogen-bond acceptors (Lipinski definition) is 6. The predicted molar refractivity (Wildman–Crippen MR) is 97.4 cm³/mol. The van der Waals surface area contributed by atoms with E-state index < -0.39 is 0 Å². The van der Waals surface area contributed by atoms with Crippen molar-refractivity contribution in [3.8, 4) is 0 Å². The number of carbonyl (C=O) groups is 1. The number of nitrogen functional groups attached to an aromatic ring is 1. The third-order valence-corrected chi connectivity index (χ3v) is 5.81. The highest BCUT2D eigenvalue weighted by Crippen LogP contribution is 2.51. The molecule has 0 radical (unpaired) electrons. The number of rotatable bonds is 2. The highest BCUT2D eigenvalue weighted by molar-refractivity contribution is 5.94.